The molecule has 2 rings (SSSR count). The maximum absolute atomic E-state index is 3.72. The van der Waals surface area contributed by atoms with Crippen molar-refractivity contribution in [2.45, 2.75) is 45.7 Å². The van der Waals surface area contributed by atoms with Crippen LogP contribution in [0.4, 0.5) is 0 Å². The highest BCUT2D eigenvalue weighted by Gasteiger charge is 2.31. The van der Waals surface area contributed by atoms with Gasteiger partial charge < -0.3 is 5.32 Å². The largest absolute Gasteiger partial charge is 0.307 e. The van der Waals surface area contributed by atoms with Gasteiger partial charge in [-0.2, -0.15) is 0 Å². The van der Waals surface area contributed by atoms with Gasteiger partial charge in [0.1, 0.15) is 0 Å². The standard InChI is InChI=1S/C15H22BrN/c1-10(2)13-8-15(9-13)17-11(3)12-5-4-6-14(16)7-12/h4-7,10-11,13,15,17H,8-9H2,1-3H3. The van der Waals surface area contributed by atoms with Gasteiger partial charge in [-0.15, -0.1) is 0 Å². The van der Waals surface area contributed by atoms with Gasteiger partial charge >= 0.3 is 0 Å². The van der Waals surface area contributed by atoms with Crippen molar-refractivity contribution in [1.29, 1.82) is 0 Å². The molecule has 0 spiro atoms. The third-order valence-corrected chi connectivity index (χ3v) is 4.44. The first-order valence-electron chi connectivity index (χ1n) is 6.57. The van der Waals surface area contributed by atoms with Crippen molar-refractivity contribution < 1.29 is 0 Å². The van der Waals surface area contributed by atoms with Gasteiger partial charge in [-0.05, 0) is 49.3 Å². The third-order valence-electron chi connectivity index (χ3n) is 3.95. The number of hydrogen-bond donors (Lipinski definition) is 1. The molecule has 1 atom stereocenters. The van der Waals surface area contributed by atoms with E-state index in [4.69, 9.17) is 0 Å². The van der Waals surface area contributed by atoms with Crippen LogP contribution in [0.5, 0.6) is 0 Å². The zero-order valence-corrected chi connectivity index (χ0v) is 12.5. The van der Waals surface area contributed by atoms with Gasteiger partial charge in [0, 0.05) is 16.6 Å². The van der Waals surface area contributed by atoms with E-state index >= 15 is 0 Å². The zero-order chi connectivity index (χ0) is 12.4. The van der Waals surface area contributed by atoms with Crippen molar-refractivity contribution in [2.24, 2.45) is 11.8 Å². The van der Waals surface area contributed by atoms with Gasteiger partial charge in [-0.3, -0.25) is 0 Å². The second-order valence-corrected chi connectivity index (χ2v) is 6.53. The van der Waals surface area contributed by atoms with Gasteiger partial charge in [-0.1, -0.05) is 41.9 Å². The minimum Gasteiger partial charge on any atom is -0.307 e. The zero-order valence-electron chi connectivity index (χ0n) is 10.9. The van der Waals surface area contributed by atoms with Crippen LogP contribution in [0.15, 0.2) is 28.7 Å². The lowest BCUT2D eigenvalue weighted by molar-refractivity contribution is 0.159. The van der Waals surface area contributed by atoms with Gasteiger partial charge in [0.05, 0.1) is 0 Å². The van der Waals surface area contributed by atoms with Crippen molar-refractivity contribution in [3.8, 4) is 0 Å². The molecule has 2 heteroatoms. The Morgan fingerprint density at radius 3 is 2.53 bits per heavy atom. The highest BCUT2D eigenvalue weighted by atomic mass is 79.9. The summed E-state index contributed by atoms with van der Waals surface area (Å²) in [5.74, 6) is 1.77. The molecule has 1 fully saturated rings. The Morgan fingerprint density at radius 2 is 1.94 bits per heavy atom. The lowest BCUT2D eigenvalue weighted by Gasteiger charge is -2.40. The van der Waals surface area contributed by atoms with E-state index in [1.165, 1.54) is 18.4 Å². The van der Waals surface area contributed by atoms with Crippen LogP contribution in [0.2, 0.25) is 0 Å². The van der Waals surface area contributed by atoms with E-state index in [2.05, 4.69) is 66.3 Å². The van der Waals surface area contributed by atoms with E-state index in [-0.39, 0.29) is 0 Å². The summed E-state index contributed by atoms with van der Waals surface area (Å²) >= 11 is 3.53. The molecule has 0 amide bonds. The molecule has 1 aliphatic rings. The average Bonchev–Trinajstić information content (AvgIpc) is 2.21. The Balaban J connectivity index is 1.85. The monoisotopic (exact) mass is 295 g/mol. The molecule has 94 valence electrons. The van der Waals surface area contributed by atoms with Crippen LogP contribution < -0.4 is 5.32 Å². The van der Waals surface area contributed by atoms with E-state index < -0.39 is 0 Å². The van der Waals surface area contributed by atoms with Gasteiger partial charge in [0.15, 0.2) is 0 Å². The minimum atomic E-state index is 0.450. The molecule has 1 aromatic rings. The number of nitrogens with one attached hydrogen (secondary N) is 1. The van der Waals surface area contributed by atoms with E-state index in [9.17, 15) is 0 Å². The summed E-state index contributed by atoms with van der Waals surface area (Å²) in [5.41, 5.74) is 1.37. The summed E-state index contributed by atoms with van der Waals surface area (Å²) in [6, 6.07) is 9.75. The summed E-state index contributed by atoms with van der Waals surface area (Å²) in [7, 11) is 0. The lowest BCUT2D eigenvalue weighted by Crippen LogP contribution is -2.43. The molecule has 1 unspecified atom stereocenters. The van der Waals surface area contributed by atoms with Crippen molar-refractivity contribution in [2.75, 3.05) is 0 Å². The molecule has 0 saturated heterocycles. The maximum atomic E-state index is 3.72. The summed E-state index contributed by atoms with van der Waals surface area (Å²) in [5, 5.41) is 3.72. The van der Waals surface area contributed by atoms with Crippen LogP contribution >= 0.6 is 15.9 Å². The minimum absolute atomic E-state index is 0.450. The quantitative estimate of drug-likeness (QED) is 0.860. The van der Waals surface area contributed by atoms with Crippen molar-refractivity contribution in [1.82, 2.24) is 5.32 Å². The topological polar surface area (TPSA) is 12.0 Å². The average molecular weight is 296 g/mol. The van der Waals surface area contributed by atoms with Crippen LogP contribution in [0.1, 0.15) is 45.2 Å². The van der Waals surface area contributed by atoms with E-state index in [1.807, 2.05) is 0 Å². The van der Waals surface area contributed by atoms with Crippen molar-refractivity contribution in [3.63, 3.8) is 0 Å². The fraction of sp³-hybridized carbons (Fsp3) is 0.600. The molecule has 0 aromatic heterocycles. The Labute approximate surface area is 113 Å². The molecule has 0 bridgehead atoms. The summed E-state index contributed by atoms with van der Waals surface area (Å²) in [6.07, 6.45) is 2.69. The number of benzene rings is 1. The number of rotatable bonds is 4. The predicted octanol–water partition coefficient (Wildman–Crippen LogP) is 4.53. The Hall–Kier alpha value is -0.340. The van der Waals surface area contributed by atoms with Gasteiger partial charge in [0.25, 0.3) is 0 Å². The summed E-state index contributed by atoms with van der Waals surface area (Å²) in [4.78, 5) is 0. The van der Waals surface area contributed by atoms with Gasteiger partial charge in [-0.25, -0.2) is 0 Å². The first-order chi connectivity index (χ1) is 8.06. The smallest absolute Gasteiger partial charge is 0.0294 e. The number of hydrogen-bond acceptors (Lipinski definition) is 1. The van der Waals surface area contributed by atoms with Crippen LogP contribution in [-0.2, 0) is 0 Å². The molecule has 1 saturated carbocycles. The second kappa shape index (κ2) is 5.53. The normalized spacial score (nSPS) is 25.7. The molecule has 1 N–H and O–H groups in total. The van der Waals surface area contributed by atoms with E-state index in [0.717, 1.165) is 22.4 Å². The highest BCUT2D eigenvalue weighted by molar-refractivity contribution is 9.10. The Kier molecular flexibility index (Phi) is 4.26. The number of halogens is 1. The fourth-order valence-corrected chi connectivity index (χ4v) is 2.98. The Bertz CT molecular complexity index is 369. The van der Waals surface area contributed by atoms with Gasteiger partial charge in [0.2, 0.25) is 0 Å². The van der Waals surface area contributed by atoms with Crippen molar-refractivity contribution in [3.05, 3.63) is 34.3 Å². The molecule has 0 heterocycles. The van der Waals surface area contributed by atoms with Crippen molar-refractivity contribution >= 4 is 15.9 Å². The SMILES string of the molecule is CC(NC1CC(C(C)C)C1)c1cccc(Br)c1. The van der Waals surface area contributed by atoms with E-state index in [1.54, 1.807) is 0 Å². The molecule has 0 aliphatic heterocycles. The van der Waals surface area contributed by atoms with Crippen LogP contribution in [0.3, 0.4) is 0 Å². The molecule has 1 aromatic carbocycles. The molecule has 1 nitrogen and oxygen atoms in total. The van der Waals surface area contributed by atoms with Crippen LogP contribution in [-0.4, -0.2) is 6.04 Å². The maximum Gasteiger partial charge on any atom is 0.0294 e. The van der Waals surface area contributed by atoms with Crippen LogP contribution in [0.25, 0.3) is 0 Å². The fourth-order valence-electron chi connectivity index (χ4n) is 2.57. The molecular weight excluding hydrogens is 274 g/mol. The van der Waals surface area contributed by atoms with Crippen LogP contribution in [0, 0.1) is 11.8 Å². The molecule has 17 heavy (non-hydrogen) atoms. The molecule has 1 aliphatic carbocycles. The second-order valence-electron chi connectivity index (χ2n) is 5.62. The predicted molar refractivity (Wildman–Crippen MR) is 77.0 cm³/mol. The molecular formula is C15H22BrN. The lowest BCUT2D eigenvalue weighted by atomic mass is 9.73. The highest BCUT2D eigenvalue weighted by Crippen LogP contribution is 2.34. The molecule has 0 radical (unpaired) electrons. The van der Waals surface area contributed by atoms with E-state index in [0.29, 0.717) is 6.04 Å². The first kappa shape index (κ1) is 13.1. The Morgan fingerprint density at radius 1 is 1.24 bits per heavy atom. The summed E-state index contributed by atoms with van der Waals surface area (Å²) in [6.45, 7) is 6.92. The third kappa shape index (κ3) is 3.32. The first-order valence-corrected chi connectivity index (χ1v) is 7.37. The summed E-state index contributed by atoms with van der Waals surface area (Å²) < 4.78 is 1.16.